The molecule has 24 heavy (non-hydrogen) atoms. The molecule has 2 aliphatic rings. The third-order valence-corrected chi connectivity index (χ3v) is 4.66. The molecule has 1 amide bonds. The van der Waals surface area contributed by atoms with Crippen LogP contribution in [0, 0.1) is 0 Å². The minimum absolute atomic E-state index is 0.0675. The molecule has 132 valence electrons. The SMILES string of the molecule is O=C(NC1CCOC1)c1ccc(C(F)(F)F)c(C2CCNCC2)c1. The summed E-state index contributed by atoms with van der Waals surface area (Å²) in [6, 6.07) is 3.65. The average Bonchev–Trinajstić information content (AvgIpc) is 3.07. The van der Waals surface area contributed by atoms with E-state index >= 15 is 0 Å². The van der Waals surface area contributed by atoms with Crippen molar-refractivity contribution in [1.82, 2.24) is 10.6 Å². The van der Waals surface area contributed by atoms with Gasteiger partial charge in [-0.3, -0.25) is 4.79 Å². The first-order valence-corrected chi connectivity index (χ1v) is 8.25. The molecule has 1 aromatic carbocycles. The van der Waals surface area contributed by atoms with Crippen LogP contribution in [0.5, 0.6) is 0 Å². The highest BCUT2D eigenvalue weighted by atomic mass is 19.4. The van der Waals surface area contributed by atoms with Gasteiger partial charge in [0.2, 0.25) is 0 Å². The number of benzene rings is 1. The zero-order valence-corrected chi connectivity index (χ0v) is 13.3. The van der Waals surface area contributed by atoms with E-state index in [0.717, 1.165) is 12.5 Å². The number of halogens is 3. The lowest BCUT2D eigenvalue weighted by Gasteiger charge is -2.26. The Morgan fingerprint density at radius 3 is 2.58 bits per heavy atom. The Balaban J connectivity index is 1.86. The van der Waals surface area contributed by atoms with Crippen molar-refractivity contribution in [3.8, 4) is 0 Å². The van der Waals surface area contributed by atoms with Gasteiger partial charge < -0.3 is 15.4 Å². The molecule has 1 unspecified atom stereocenters. The molecule has 1 atom stereocenters. The van der Waals surface area contributed by atoms with Gasteiger partial charge in [0.05, 0.1) is 18.2 Å². The lowest BCUT2D eigenvalue weighted by atomic mass is 9.85. The van der Waals surface area contributed by atoms with E-state index in [1.807, 2.05) is 0 Å². The van der Waals surface area contributed by atoms with Gasteiger partial charge in [-0.2, -0.15) is 13.2 Å². The molecule has 2 heterocycles. The fourth-order valence-corrected chi connectivity index (χ4v) is 3.35. The van der Waals surface area contributed by atoms with E-state index in [4.69, 9.17) is 4.74 Å². The summed E-state index contributed by atoms with van der Waals surface area (Å²) in [7, 11) is 0. The van der Waals surface area contributed by atoms with Crippen molar-refractivity contribution in [1.29, 1.82) is 0 Å². The van der Waals surface area contributed by atoms with Gasteiger partial charge in [-0.05, 0) is 62.0 Å². The van der Waals surface area contributed by atoms with E-state index in [1.165, 1.54) is 12.1 Å². The molecule has 2 N–H and O–H groups in total. The third-order valence-electron chi connectivity index (χ3n) is 4.66. The largest absolute Gasteiger partial charge is 0.416 e. The highest BCUT2D eigenvalue weighted by molar-refractivity contribution is 5.94. The minimum atomic E-state index is -4.41. The molecule has 2 fully saturated rings. The molecule has 0 saturated carbocycles. The molecule has 0 spiro atoms. The maximum atomic E-state index is 13.3. The number of piperidine rings is 1. The summed E-state index contributed by atoms with van der Waals surface area (Å²) in [5, 5.41) is 5.98. The van der Waals surface area contributed by atoms with Crippen LogP contribution < -0.4 is 10.6 Å². The molecule has 3 rings (SSSR count). The molecule has 4 nitrogen and oxygen atoms in total. The van der Waals surface area contributed by atoms with E-state index in [9.17, 15) is 18.0 Å². The van der Waals surface area contributed by atoms with Crippen molar-refractivity contribution in [3.63, 3.8) is 0 Å². The van der Waals surface area contributed by atoms with Crippen molar-refractivity contribution in [2.75, 3.05) is 26.3 Å². The zero-order valence-electron chi connectivity index (χ0n) is 13.3. The van der Waals surface area contributed by atoms with Crippen LogP contribution in [0.4, 0.5) is 13.2 Å². The smallest absolute Gasteiger partial charge is 0.379 e. The number of alkyl halides is 3. The second-order valence-corrected chi connectivity index (χ2v) is 6.36. The van der Waals surface area contributed by atoms with Crippen LogP contribution in [-0.2, 0) is 10.9 Å². The van der Waals surface area contributed by atoms with Crippen LogP contribution in [-0.4, -0.2) is 38.3 Å². The van der Waals surface area contributed by atoms with Crippen molar-refractivity contribution >= 4 is 5.91 Å². The van der Waals surface area contributed by atoms with E-state index in [-0.39, 0.29) is 29.0 Å². The Kier molecular flexibility index (Phi) is 5.10. The number of hydrogen-bond donors (Lipinski definition) is 2. The Morgan fingerprint density at radius 2 is 1.96 bits per heavy atom. The van der Waals surface area contributed by atoms with Gasteiger partial charge in [-0.25, -0.2) is 0 Å². The molecular weight excluding hydrogens is 321 g/mol. The van der Waals surface area contributed by atoms with Crippen LogP contribution >= 0.6 is 0 Å². The van der Waals surface area contributed by atoms with Gasteiger partial charge in [-0.15, -0.1) is 0 Å². The number of nitrogens with one attached hydrogen (secondary N) is 2. The topological polar surface area (TPSA) is 50.4 Å². The summed E-state index contributed by atoms with van der Waals surface area (Å²) < 4.78 is 45.2. The van der Waals surface area contributed by atoms with Crippen molar-refractivity contribution in [3.05, 3.63) is 34.9 Å². The van der Waals surface area contributed by atoms with E-state index in [1.54, 1.807) is 0 Å². The minimum Gasteiger partial charge on any atom is -0.379 e. The summed E-state index contributed by atoms with van der Waals surface area (Å²) >= 11 is 0. The second kappa shape index (κ2) is 7.11. The average molecular weight is 342 g/mol. The lowest BCUT2D eigenvalue weighted by Crippen LogP contribution is -2.35. The van der Waals surface area contributed by atoms with E-state index < -0.39 is 11.7 Å². The molecule has 1 aromatic rings. The molecule has 0 aliphatic carbocycles. The van der Waals surface area contributed by atoms with Crippen LogP contribution in [0.15, 0.2) is 18.2 Å². The Hall–Kier alpha value is -1.60. The monoisotopic (exact) mass is 342 g/mol. The fraction of sp³-hybridized carbons (Fsp3) is 0.588. The molecule has 7 heteroatoms. The van der Waals surface area contributed by atoms with Gasteiger partial charge in [0.1, 0.15) is 0 Å². The fourth-order valence-electron chi connectivity index (χ4n) is 3.35. The number of carbonyl (C=O) groups is 1. The van der Waals surface area contributed by atoms with Gasteiger partial charge in [0, 0.05) is 12.2 Å². The standard InChI is InChI=1S/C17H21F3N2O2/c18-17(19,20)15-2-1-12(16(23)22-13-5-8-24-10-13)9-14(15)11-3-6-21-7-4-11/h1-2,9,11,13,21H,3-8,10H2,(H,22,23). The normalized spacial score (nSPS) is 22.5. The summed E-state index contributed by atoms with van der Waals surface area (Å²) in [5.41, 5.74) is -0.113. The highest BCUT2D eigenvalue weighted by Gasteiger charge is 2.36. The predicted molar refractivity (Wildman–Crippen MR) is 83.0 cm³/mol. The number of ether oxygens (including phenoxy) is 1. The van der Waals surface area contributed by atoms with Crippen LogP contribution in [0.2, 0.25) is 0 Å². The number of rotatable bonds is 3. The van der Waals surface area contributed by atoms with Crippen molar-refractivity contribution in [2.45, 2.75) is 37.4 Å². The van der Waals surface area contributed by atoms with Gasteiger partial charge >= 0.3 is 6.18 Å². The first-order valence-electron chi connectivity index (χ1n) is 8.25. The first-order chi connectivity index (χ1) is 11.4. The van der Waals surface area contributed by atoms with Crippen LogP contribution in [0.25, 0.3) is 0 Å². The van der Waals surface area contributed by atoms with E-state index in [0.29, 0.717) is 39.1 Å². The maximum Gasteiger partial charge on any atom is 0.416 e. The summed E-state index contributed by atoms with van der Waals surface area (Å²) in [6.45, 7) is 2.43. The number of carbonyl (C=O) groups excluding carboxylic acids is 1. The number of hydrogen-bond acceptors (Lipinski definition) is 3. The first kappa shape index (κ1) is 17.2. The molecule has 0 aromatic heterocycles. The summed E-state index contributed by atoms with van der Waals surface area (Å²) in [6.07, 6.45) is -2.39. The molecule has 0 radical (unpaired) electrons. The highest BCUT2D eigenvalue weighted by Crippen LogP contribution is 2.38. The molecular formula is C17H21F3N2O2. The zero-order chi connectivity index (χ0) is 17.2. The number of amides is 1. The Bertz CT molecular complexity index is 592. The quantitative estimate of drug-likeness (QED) is 0.888. The second-order valence-electron chi connectivity index (χ2n) is 6.36. The molecule has 0 bridgehead atoms. The Morgan fingerprint density at radius 1 is 1.21 bits per heavy atom. The Labute approximate surface area is 138 Å². The molecule has 2 aliphatic heterocycles. The molecule has 2 saturated heterocycles. The summed E-state index contributed by atoms with van der Waals surface area (Å²) in [4.78, 5) is 12.3. The van der Waals surface area contributed by atoms with Crippen molar-refractivity contribution in [2.24, 2.45) is 0 Å². The van der Waals surface area contributed by atoms with Gasteiger partial charge in [-0.1, -0.05) is 0 Å². The maximum absolute atomic E-state index is 13.3. The van der Waals surface area contributed by atoms with Gasteiger partial charge in [0.15, 0.2) is 0 Å². The predicted octanol–water partition coefficient (Wildman–Crippen LogP) is 2.69. The van der Waals surface area contributed by atoms with Crippen molar-refractivity contribution < 1.29 is 22.7 Å². The third kappa shape index (κ3) is 3.89. The van der Waals surface area contributed by atoms with Gasteiger partial charge in [0.25, 0.3) is 5.91 Å². The lowest BCUT2D eigenvalue weighted by molar-refractivity contribution is -0.138. The van der Waals surface area contributed by atoms with Crippen LogP contribution in [0.3, 0.4) is 0 Å². The summed E-state index contributed by atoms with van der Waals surface area (Å²) in [5.74, 6) is -0.514. The van der Waals surface area contributed by atoms with E-state index in [2.05, 4.69) is 10.6 Å². The van der Waals surface area contributed by atoms with Crippen LogP contribution in [0.1, 0.15) is 46.7 Å².